The van der Waals surface area contributed by atoms with E-state index in [0.717, 1.165) is 22.4 Å². The summed E-state index contributed by atoms with van der Waals surface area (Å²) in [4.78, 5) is 16.2. The van der Waals surface area contributed by atoms with Crippen molar-refractivity contribution in [3.63, 3.8) is 0 Å². The highest BCUT2D eigenvalue weighted by Gasteiger charge is 2.27. The minimum Gasteiger partial charge on any atom is -0.487 e. The molecular formula is C21H16ClFN2O2. The van der Waals surface area contributed by atoms with Crippen molar-refractivity contribution in [2.45, 2.75) is 12.5 Å². The largest absolute Gasteiger partial charge is 0.487 e. The van der Waals surface area contributed by atoms with Crippen molar-refractivity contribution in [3.8, 4) is 16.9 Å². The number of pyridine rings is 1. The molecule has 1 atom stereocenters. The first-order valence-electron chi connectivity index (χ1n) is 8.54. The van der Waals surface area contributed by atoms with Crippen LogP contribution in [0.15, 0.2) is 60.9 Å². The normalized spacial score (nSPS) is 15.1. The van der Waals surface area contributed by atoms with Crippen LogP contribution in [0.3, 0.4) is 0 Å². The molecule has 0 bridgehead atoms. The van der Waals surface area contributed by atoms with E-state index in [2.05, 4.69) is 10.3 Å². The van der Waals surface area contributed by atoms with Gasteiger partial charge in [0, 0.05) is 35.0 Å². The maximum Gasteiger partial charge on any atom is 0.254 e. The zero-order valence-corrected chi connectivity index (χ0v) is 15.0. The van der Waals surface area contributed by atoms with Gasteiger partial charge in [-0.3, -0.25) is 9.78 Å². The third-order valence-corrected chi connectivity index (χ3v) is 4.68. The number of aromatic nitrogens is 1. The van der Waals surface area contributed by atoms with Crippen molar-refractivity contribution in [2.75, 3.05) is 6.54 Å². The fourth-order valence-electron chi connectivity index (χ4n) is 3.20. The molecule has 3 aromatic rings. The Morgan fingerprint density at radius 1 is 1.22 bits per heavy atom. The number of halogens is 2. The van der Waals surface area contributed by atoms with Crippen LogP contribution in [0.25, 0.3) is 11.1 Å². The molecule has 0 radical (unpaired) electrons. The Kier molecular flexibility index (Phi) is 4.77. The van der Waals surface area contributed by atoms with Crippen molar-refractivity contribution in [1.82, 2.24) is 10.3 Å². The van der Waals surface area contributed by atoms with E-state index < -0.39 is 11.7 Å². The second kappa shape index (κ2) is 7.37. The number of hydrogen-bond donors (Lipinski definition) is 1. The molecule has 1 N–H and O–H groups in total. The van der Waals surface area contributed by atoms with Crippen molar-refractivity contribution in [2.24, 2.45) is 0 Å². The highest BCUT2D eigenvalue weighted by atomic mass is 35.5. The van der Waals surface area contributed by atoms with E-state index in [9.17, 15) is 9.18 Å². The summed E-state index contributed by atoms with van der Waals surface area (Å²) >= 11 is 6.27. The van der Waals surface area contributed by atoms with E-state index in [1.54, 1.807) is 24.5 Å². The summed E-state index contributed by atoms with van der Waals surface area (Å²) in [5.41, 5.74) is 2.86. The number of fused-ring (bicyclic) bond motifs is 1. The molecule has 2 aromatic carbocycles. The lowest BCUT2D eigenvalue weighted by Gasteiger charge is -2.14. The van der Waals surface area contributed by atoms with Crippen LogP contribution >= 0.6 is 11.6 Å². The van der Waals surface area contributed by atoms with Gasteiger partial charge in [-0.25, -0.2) is 4.39 Å². The topological polar surface area (TPSA) is 51.2 Å². The minimum atomic E-state index is -0.544. The first-order chi connectivity index (χ1) is 13.1. The third-order valence-electron chi connectivity index (χ3n) is 4.46. The van der Waals surface area contributed by atoms with Crippen LogP contribution in [0, 0.1) is 5.82 Å². The van der Waals surface area contributed by atoms with Crippen molar-refractivity contribution in [3.05, 3.63) is 82.9 Å². The molecule has 0 aliphatic carbocycles. The number of rotatable bonds is 4. The van der Waals surface area contributed by atoms with E-state index in [1.165, 1.54) is 12.1 Å². The van der Waals surface area contributed by atoms with Crippen LogP contribution < -0.4 is 10.1 Å². The monoisotopic (exact) mass is 382 g/mol. The summed E-state index contributed by atoms with van der Waals surface area (Å²) < 4.78 is 19.8. The predicted molar refractivity (Wildman–Crippen MR) is 102 cm³/mol. The second-order valence-electron chi connectivity index (χ2n) is 6.31. The number of nitrogens with one attached hydrogen (secondary N) is 1. The van der Waals surface area contributed by atoms with Crippen molar-refractivity contribution >= 4 is 17.5 Å². The fraction of sp³-hybridized carbons (Fsp3) is 0.143. The summed E-state index contributed by atoms with van der Waals surface area (Å²) in [6.07, 6.45) is 3.80. The van der Waals surface area contributed by atoms with Crippen LogP contribution in [0.4, 0.5) is 4.39 Å². The van der Waals surface area contributed by atoms with Gasteiger partial charge in [-0.1, -0.05) is 23.7 Å². The lowest BCUT2D eigenvalue weighted by Crippen LogP contribution is -2.34. The van der Waals surface area contributed by atoms with Gasteiger partial charge in [-0.15, -0.1) is 0 Å². The Morgan fingerprint density at radius 2 is 2.00 bits per heavy atom. The summed E-state index contributed by atoms with van der Waals surface area (Å²) in [6.45, 7) is 0.273. The number of carbonyl (C=O) groups is 1. The molecule has 1 aliphatic rings. The van der Waals surface area contributed by atoms with Gasteiger partial charge in [-0.05, 0) is 42.0 Å². The quantitative estimate of drug-likeness (QED) is 0.733. The van der Waals surface area contributed by atoms with E-state index in [4.69, 9.17) is 16.3 Å². The molecule has 1 aliphatic heterocycles. The first-order valence-corrected chi connectivity index (χ1v) is 8.92. The number of nitrogens with zero attached hydrogens (tertiary/aromatic N) is 1. The average molecular weight is 383 g/mol. The Balaban J connectivity index is 1.50. The molecule has 27 heavy (non-hydrogen) atoms. The van der Waals surface area contributed by atoms with E-state index in [0.29, 0.717) is 11.4 Å². The number of carbonyl (C=O) groups excluding carboxylic acids is 1. The summed E-state index contributed by atoms with van der Waals surface area (Å²) in [5, 5.41) is 3.37. The zero-order valence-electron chi connectivity index (χ0n) is 14.3. The van der Waals surface area contributed by atoms with Gasteiger partial charge in [0.15, 0.2) is 0 Å². The van der Waals surface area contributed by atoms with Crippen LogP contribution in [0.5, 0.6) is 5.75 Å². The Labute approximate surface area is 161 Å². The van der Waals surface area contributed by atoms with Gasteiger partial charge in [0.05, 0.1) is 12.1 Å². The van der Waals surface area contributed by atoms with Gasteiger partial charge in [0.2, 0.25) is 0 Å². The molecule has 136 valence electrons. The number of benzene rings is 2. The van der Waals surface area contributed by atoms with Gasteiger partial charge in [0.1, 0.15) is 17.7 Å². The Bertz CT molecular complexity index is 995. The maximum absolute atomic E-state index is 13.7. The molecule has 0 spiro atoms. The molecular weight excluding hydrogens is 367 g/mol. The second-order valence-corrected chi connectivity index (χ2v) is 6.75. The minimum absolute atomic E-state index is 0.0218. The molecule has 1 amide bonds. The Morgan fingerprint density at radius 3 is 2.78 bits per heavy atom. The maximum atomic E-state index is 13.7. The highest BCUT2D eigenvalue weighted by molar-refractivity contribution is 6.31. The molecule has 0 saturated heterocycles. The Hall–Kier alpha value is -2.92. The van der Waals surface area contributed by atoms with Crippen LogP contribution in [-0.4, -0.2) is 23.5 Å². The van der Waals surface area contributed by atoms with Gasteiger partial charge < -0.3 is 10.1 Å². The van der Waals surface area contributed by atoms with Gasteiger partial charge in [0.25, 0.3) is 5.91 Å². The standard InChI is InChI=1S/C21H16ClFN2O2/c22-15-9-14-10-16(12-25-21(26)17-3-1-2-4-19(17)23)27-20(14)18(11-15)13-5-7-24-8-6-13/h1-9,11,16H,10,12H2,(H,25,26). The lowest BCUT2D eigenvalue weighted by molar-refractivity contribution is 0.0929. The van der Waals surface area contributed by atoms with Crippen LogP contribution in [0.2, 0.25) is 5.02 Å². The van der Waals surface area contributed by atoms with Crippen molar-refractivity contribution < 1.29 is 13.9 Å². The predicted octanol–water partition coefficient (Wildman–Crippen LogP) is 4.27. The summed E-state index contributed by atoms with van der Waals surface area (Å²) in [7, 11) is 0. The van der Waals surface area contributed by atoms with Gasteiger partial charge in [-0.2, -0.15) is 0 Å². The molecule has 2 heterocycles. The lowest BCUT2D eigenvalue weighted by atomic mass is 10.0. The van der Waals surface area contributed by atoms with Crippen molar-refractivity contribution in [1.29, 1.82) is 0 Å². The molecule has 4 rings (SSSR count). The smallest absolute Gasteiger partial charge is 0.254 e. The number of ether oxygens (including phenoxy) is 1. The first kappa shape index (κ1) is 17.5. The van der Waals surface area contributed by atoms with Crippen LogP contribution in [0.1, 0.15) is 15.9 Å². The number of amides is 1. The number of hydrogen-bond acceptors (Lipinski definition) is 3. The van der Waals surface area contributed by atoms with Crippen LogP contribution in [-0.2, 0) is 6.42 Å². The van der Waals surface area contributed by atoms with E-state index >= 15 is 0 Å². The molecule has 1 aromatic heterocycles. The molecule has 0 saturated carbocycles. The average Bonchev–Trinajstić information content (AvgIpc) is 3.09. The van der Waals surface area contributed by atoms with E-state index in [-0.39, 0.29) is 18.2 Å². The highest BCUT2D eigenvalue weighted by Crippen LogP contribution is 2.40. The fourth-order valence-corrected chi connectivity index (χ4v) is 3.44. The summed E-state index contributed by atoms with van der Waals surface area (Å²) in [6, 6.07) is 13.4. The molecule has 6 heteroatoms. The molecule has 4 nitrogen and oxygen atoms in total. The van der Waals surface area contributed by atoms with E-state index in [1.807, 2.05) is 24.3 Å². The summed E-state index contributed by atoms with van der Waals surface area (Å²) in [5.74, 6) is -0.242. The molecule has 0 fully saturated rings. The zero-order chi connectivity index (χ0) is 18.8. The van der Waals surface area contributed by atoms with Gasteiger partial charge >= 0.3 is 0 Å². The molecule has 1 unspecified atom stereocenters. The third kappa shape index (κ3) is 3.64. The SMILES string of the molecule is O=C(NCC1Cc2cc(Cl)cc(-c3ccncc3)c2O1)c1ccccc1F.